The molecule has 0 aliphatic heterocycles. The van der Waals surface area contributed by atoms with E-state index in [0.717, 1.165) is 4.57 Å². The lowest BCUT2D eigenvalue weighted by Gasteiger charge is -2.05. The van der Waals surface area contributed by atoms with Crippen molar-refractivity contribution in [1.82, 2.24) is 9.55 Å². The Morgan fingerprint density at radius 2 is 1.43 bits per heavy atom. The van der Waals surface area contributed by atoms with Crippen LogP contribution in [0, 0.1) is 0 Å². The predicted molar refractivity (Wildman–Crippen MR) is 74.3 cm³/mol. The van der Waals surface area contributed by atoms with Crippen molar-refractivity contribution in [2.24, 2.45) is 0 Å². The van der Waals surface area contributed by atoms with E-state index in [1.54, 1.807) is 0 Å². The number of hydrogen-bond acceptors (Lipinski definition) is 6. The van der Waals surface area contributed by atoms with Gasteiger partial charge in [-0.2, -0.15) is 0 Å². The summed E-state index contributed by atoms with van der Waals surface area (Å²) in [4.78, 5) is 49.5. The van der Waals surface area contributed by atoms with Gasteiger partial charge in [-0.25, -0.2) is 0 Å². The number of H-pyrrole nitrogens is 1. The van der Waals surface area contributed by atoms with Crippen LogP contribution in [-0.2, 0) is 6.54 Å². The zero-order chi connectivity index (χ0) is 15.3. The molecular formula is C13H10N2O6. The molecule has 0 amide bonds. The Hall–Kier alpha value is -2.58. The van der Waals surface area contributed by atoms with Crippen LogP contribution < -0.4 is 22.2 Å². The smallest absolute Gasteiger partial charge is 0.261 e. The summed E-state index contributed by atoms with van der Waals surface area (Å²) in [5.41, 5.74) is -2.58. The molecular weight excluding hydrogens is 280 g/mol. The number of nitrogens with one attached hydrogen (secondary N) is 1. The van der Waals surface area contributed by atoms with Crippen molar-refractivity contribution in [2.75, 3.05) is 6.61 Å². The van der Waals surface area contributed by atoms with Crippen molar-refractivity contribution in [3.8, 4) is 0 Å². The first kappa shape index (κ1) is 13.4. The summed E-state index contributed by atoms with van der Waals surface area (Å²) in [7, 11) is 0. The Kier molecular flexibility index (Phi) is 2.85. The minimum absolute atomic E-state index is 0.00809. The first-order valence-corrected chi connectivity index (χ1v) is 6.13. The fourth-order valence-corrected chi connectivity index (χ4v) is 2.38. The highest BCUT2D eigenvalue weighted by Crippen LogP contribution is 2.13. The number of aliphatic hydroxyl groups excluding tert-OH is 2. The van der Waals surface area contributed by atoms with E-state index in [2.05, 4.69) is 4.98 Å². The van der Waals surface area contributed by atoms with Crippen LogP contribution >= 0.6 is 0 Å². The molecule has 0 bridgehead atoms. The molecule has 8 heteroatoms. The molecule has 1 unspecified atom stereocenters. The summed E-state index contributed by atoms with van der Waals surface area (Å²) in [6, 6.07) is 2.41. The molecule has 0 radical (unpaired) electrons. The Labute approximate surface area is 115 Å². The van der Waals surface area contributed by atoms with E-state index in [4.69, 9.17) is 5.11 Å². The minimum atomic E-state index is -1.25. The minimum Gasteiger partial charge on any atom is -0.394 e. The van der Waals surface area contributed by atoms with Crippen LogP contribution in [0.4, 0.5) is 0 Å². The fourth-order valence-electron chi connectivity index (χ4n) is 2.38. The molecule has 0 spiro atoms. The van der Waals surface area contributed by atoms with E-state index in [1.807, 2.05) is 0 Å². The highest BCUT2D eigenvalue weighted by atomic mass is 16.3. The molecule has 0 fully saturated rings. The summed E-state index contributed by atoms with van der Waals surface area (Å²) in [6.45, 7) is -0.946. The topological polar surface area (TPSA) is 129 Å². The maximum Gasteiger partial charge on any atom is 0.261 e. The SMILES string of the molecule is O=c1[nH]c(=O)c2cc3c(=O)n(CC(O)CO)c(=O)c3cc12. The maximum absolute atomic E-state index is 12.1. The average Bonchev–Trinajstić information content (AvgIpc) is 2.87. The number of aromatic nitrogens is 2. The molecule has 8 nitrogen and oxygen atoms in total. The van der Waals surface area contributed by atoms with Crippen LogP contribution in [0.25, 0.3) is 21.5 Å². The summed E-state index contributed by atoms with van der Waals surface area (Å²) in [6.07, 6.45) is -1.25. The van der Waals surface area contributed by atoms with Gasteiger partial charge in [0, 0.05) is 0 Å². The quantitative estimate of drug-likeness (QED) is 0.501. The molecule has 1 atom stereocenters. The summed E-state index contributed by atoms with van der Waals surface area (Å²) < 4.78 is 0.781. The van der Waals surface area contributed by atoms with Gasteiger partial charge in [0.2, 0.25) is 0 Å². The van der Waals surface area contributed by atoms with Crippen LogP contribution in [0.5, 0.6) is 0 Å². The molecule has 108 valence electrons. The standard InChI is InChI=1S/C13H10N2O6/c16-4-5(17)3-15-12(20)8-1-6-7(2-9(8)13(15)21)11(19)14-10(6)18/h1-2,5,16-17H,3-4H2,(H,14,18,19). The van der Waals surface area contributed by atoms with Gasteiger partial charge in [0.1, 0.15) is 0 Å². The van der Waals surface area contributed by atoms with Gasteiger partial charge in [0.15, 0.2) is 0 Å². The second-order valence-electron chi connectivity index (χ2n) is 4.78. The van der Waals surface area contributed by atoms with Crippen LogP contribution in [-0.4, -0.2) is 32.5 Å². The Morgan fingerprint density at radius 1 is 0.952 bits per heavy atom. The van der Waals surface area contributed by atoms with Gasteiger partial charge in [-0.15, -0.1) is 0 Å². The lowest BCUT2D eigenvalue weighted by molar-refractivity contribution is 0.0800. The largest absolute Gasteiger partial charge is 0.394 e. The Morgan fingerprint density at radius 3 is 1.86 bits per heavy atom. The summed E-state index contributed by atoms with van der Waals surface area (Å²) in [5.74, 6) is 0. The van der Waals surface area contributed by atoms with Crippen molar-refractivity contribution in [2.45, 2.75) is 12.6 Å². The number of rotatable bonds is 3. The molecule has 1 aromatic carbocycles. The number of aromatic amines is 1. The van der Waals surface area contributed by atoms with Crippen molar-refractivity contribution in [3.63, 3.8) is 0 Å². The molecule has 2 heterocycles. The lowest BCUT2D eigenvalue weighted by atomic mass is 10.1. The second-order valence-corrected chi connectivity index (χ2v) is 4.78. The van der Waals surface area contributed by atoms with Crippen LogP contribution in [0.15, 0.2) is 31.3 Å². The average molecular weight is 290 g/mol. The van der Waals surface area contributed by atoms with Gasteiger partial charge >= 0.3 is 0 Å². The van der Waals surface area contributed by atoms with E-state index in [0.29, 0.717) is 0 Å². The first-order valence-electron chi connectivity index (χ1n) is 6.13. The molecule has 2 aromatic heterocycles. The van der Waals surface area contributed by atoms with Crippen LogP contribution in [0.2, 0.25) is 0 Å². The van der Waals surface area contributed by atoms with Crippen molar-refractivity contribution < 1.29 is 10.2 Å². The number of fused-ring (bicyclic) bond motifs is 2. The highest BCUT2D eigenvalue weighted by Gasteiger charge is 2.18. The fraction of sp³-hybridized carbons (Fsp3) is 0.231. The third-order valence-corrected chi connectivity index (χ3v) is 3.43. The second kappa shape index (κ2) is 4.47. The van der Waals surface area contributed by atoms with E-state index >= 15 is 0 Å². The van der Waals surface area contributed by atoms with Gasteiger partial charge in [-0.05, 0) is 12.1 Å². The third kappa shape index (κ3) is 1.84. The number of aliphatic hydroxyl groups is 2. The van der Waals surface area contributed by atoms with E-state index in [9.17, 15) is 24.3 Å². The van der Waals surface area contributed by atoms with Gasteiger partial charge in [0.05, 0.1) is 40.8 Å². The molecule has 0 aliphatic carbocycles. The first-order chi connectivity index (χ1) is 9.93. The lowest BCUT2D eigenvalue weighted by Crippen LogP contribution is -2.32. The molecule has 0 saturated carbocycles. The van der Waals surface area contributed by atoms with Gasteiger partial charge in [-0.3, -0.25) is 28.7 Å². The number of hydrogen-bond donors (Lipinski definition) is 3. The summed E-state index contributed by atoms with van der Waals surface area (Å²) >= 11 is 0. The van der Waals surface area contributed by atoms with Crippen LogP contribution in [0.1, 0.15) is 0 Å². The van der Waals surface area contributed by atoms with E-state index in [-0.39, 0.29) is 28.1 Å². The number of benzene rings is 1. The monoisotopic (exact) mass is 290 g/mol. The molecule has 0 aliphatic rings. The van der Waals surface area contributed by atoms with Crippen molar-refractivity contribution >= 4 is 21.5 Å². The zero-order valence-corrected chi connectivity index (χ0v) is 10.6. The Balaban J connectivity index is 2.40. The molecule has 21 heavy (non-hydrogen) atoms. The normalized spacial score (nSPS) is 13.2. The van der Waals surface area contributed by atoms with Crippen molar-refractivity contribution in [1.29, 1.82) is 0 Å². The molecule has 3 rings (SSSR count). The van der Waals surface area contributed by atoms with E-state index < -0.39 is 34.9 Å². The van der Waals surface area contributed by atoms with Gasteiger partial charge in [0.25, 0.3) is 22.2 Å². The molecule has 3 aromatic rings. The van der Waals surface area contributed by atoms with Crippen LogP contribution in [0.3, 0.4) is 0 Å². The van der Waals surface area contributed by atoms with Gasteiger partial charge < -0.3 is 10.2 Å². The summed E-state index contributed by atoms with van der Waals surface area (Å²) in [5, 5.41) is 18.3. The Bertz CT molecular complexity index is 975. The predicted octanol–water partition coefficient (Wildman–Crippen LogP) is -2.21. The third-order valence-electron chi connectivity index (χ3n) is 3.43. The van der Waals surface area contributed by atoms with Gasteiger partial charge in [-0.1, -0.05) is 0 Å². The maximum atomic E-state index is 12.1. The highest BCUT2D eigenvalue weighted by molar-refractivity contribution is 5.97. The zero-order valence-electron chi connectivity index (χ0n) is 10.6. The molecule has 3 N–H and O–H groups in total. The molecule has 0 saturated heterocycles. The number of nitrogens with zero attached hydrogens (tertiary/aromatic N) is 1. The van der Waals surface area contributed by atoms with E-state index in [1.165, 1.54) is 12.1 Å². The van der Waals surface area contributed by atoms with Crippen molar-refractivity contribution in [3.05, 3.63) is 53.5 Å².